The van der Waals surface area contributed by atoms with Crippen molar-refractivity contribution in [2.24, 2.45) is 23.7 Å². The van der Waals surface area contributed by atoms with Gasteiger partial charge in [-0.15, -0.1) is 0 Å². The Labute approximate surface area is 109 Å². The molecule has 0 amide bonds. The first-order valence-electron chi connectivity index (χ1n) is 6.73. The van der Waals surface area contributed by atoms with Crippen molar-refractivity contribution in [2.75, 3.05) is 0 Å². The molecule has 4 nitrogen and oxygen atoms in total. The summed E-state index contributed by atoms with van der Waals surface area (Å²) in [6, 6.07) is 0. The molecule has 4 heteroatoms. The number of carboxylic acid groups (broad SMARTS) is 2. The summed E-state index contributed by atoms with van der Waals surface area (Å²) < 4.78 is 0. The standard InChI is InChI=1S/C14H26O4/c1-9(2)11(13(15)16)7-5-6-8-12(10(3)4)14(17)18/h9-12H,5-8H2,1-4H3,(H,15,16)(H,17,18). The zero-order valence-electron chi connectivity index (χ0n) is 11.8. The van der Waals surface area contributed by atoms with Crippen molar-refractivity contribution in [1.82, 2.24) is 0 Å². The molecule has 2 unspecified atom stereocenters. The largest absolute Gasteiger partial charge is 0.481 e. The van der Waals surface area contributed by atoms with Crippen LogP contribution in [0.2, 0.25) is 0 Å². The van der Waals surface area contributed by atoms with Crippen LogP contribution in [0.4, 0.5) is 0 Å². The lowest BCUT2D eigenvalue weighted by molar-refractivity contribution is -0.145. The minimum absolute atomic E-state index is 0.128. The fourth-order valence-electron chi connectivity index (χ4n) is 2.21. The molecule has 0 aliphatic rings. The van der Waals surface area contributed by atoms with E-state index in [2.05, 4.69) is 0 Å². The Kier molecular flexibility index (Phi) is 7.64. The van der Waals surface area contributed by atoms with Crippen LogP contribution >= 0.6 is 0 Å². The number of aliphatic carboxylic acids is 2. The van der Waals surface area contributed by atoms with Gasteiger partial charge in [0, 0.05) is 0 Å². The third-order valence-electron chi connectivity index (χ3n) is 3.52. The van der Waals surface area contributed by atoms with E-state index in [0.717, 1.165) is 12.8 Å². The van der Waals surface area contributed by atoms with Crippen LogP contribution in [0.3, 0.4) is 0 Å². The molecule has 2 atom stereocenters. The first-order valence-corrected chi connectivity index (χ1v) is 6.73. The van der Waals surface area contributed by atoms with E-state index < -0.39 is 11.9 Å². The molecule has 2 N–H and O–H groups in total. The number of carboxylic acids is 2. The summed E-state index contributed by atoms with van der Waals surface area (Å²) in [5.41, 5.74) is 0. The van der Waals surface area contributed by atoms with E-state index >= 15 is 0 Å². The van der Waals surface area contributed by atoms with Crippen LogP contribution in [0.15, 0.2) is 0 Å². The summed E-state index contributed by atoms with van der Waals surface area (Å²) in [5, 5.41) is 18.1. The second kappa shape index (κ2) is 8.11. The van der Waals surface area contributed by atoms with Gasteiger partial charge in [-0.1, -0.05) is 40.5 Å². The number of hydrogen-bond acceptors (Lipinski definition) is 2. The molecular formula is C14H26O4. The van der Waals surface area contributed by atoms with Gasteiger partial charge in [-0.3, -0.25) is 9.59 Å². The summed E-state index contributed by atoms with van der Waals surface area (Å²) in [7, 11) is 0. The molecule has 0 aromatic rings. The van der Waals surface area contributed by atoms with Crippen LogP contribution in [0.25, 0.3) is 0 Å². The van der Waals surface area contributed by atoms with Crippen LogP contribution in [0, 0.1) is 23.7 Å². The van der Waals surface area contributed by atoms with Gasteiger partial charge in [0.2, 0.25) is 0 Å². The molecule has 18 heavy (non-hydrogen) atoms. The summed E-state index contributed by atoms with van der Waals surface area (Å²) in [4.78, 5) is 22.0. The van der Waals surface area contributed by atoms with Gasteiger partial charge in [0.15, 0.2) is 0 Å². The Bertz CT molecular complexity index is 243. The zero-order chi connectivity index (χ0) is 14.3. The van der Waals surface area contributed by atoms with Crippen molar-refractivity contribution in [3.63, 3.8) is 0 Å². The Morgan fingerprint density at radius 3 is 1.22 bits per heavy atom. The SMILES string of the molecule is CC(C)C(CCCCC(C(=O)O)C(C)C)C(=O)O. The van der Waals surface area contributed by atoms with Gasteiger partial charge in [-0.2, -0.15) is 0 Å². The van der Waals surface area contributed by atoms with Crippen molar-refractivity contribution < 1.29 is 19.8 Å². The highest BCUT2D eigenvalue weighted by Gasteiger charge is 2.23. The molecule has 106 valence electrons. The monoisotopic (exact) mass is 258 g/mol. The van der Waals surface area contributed by atoms with Gasteiger partial charge in [-0.25, -0.2) is 0 Å². The van der Waals surface area contributed by atoms with Gasteiger partial charge in [0.05, 0.1) is 11.8 Å². The number of unbranched alkanes of at least 4 members (excludes halogenated alkanes) is 1. The lowest BCUT2D eigenvalue weighted by Crippen LogP contribution is -2.21. The van der Waals surface area contributed by atoms with E-state index in [1.165, 1.54) is 0 Å². The van der Waals surface area contributed by atoms with Crippen LogP contribution in [0.1, 0.15) is 53.4 Å². The number of hydrogen-bond donors (Lipinski definition) is 2. The Balaban J connectivity index is 4.04. The highest BCUT2D eigenvalue weighted by atomic mass is 16.4. The van der Waals surface area contributed by atoms with Gasteiger partial charge < -0.3 is 10.2 Å². The highest BCUT2D eigenvalue weighted by Crippen LogP contribution is 2.23. The molecule has 0 saturated carbocycles. The Morgan fingerprint density at radius 1 is 0.778 bits per heavy atom. The second-order valence-corrected chi connectivity index (χ2v) is 5.66. The molecule has 0 radical (unpaired) electrons. The molecule has 0 rings (SSSR count). The molecule has 0 aliphatic heterocycles. The lowest BCUT2D eigenvalue weighted by atomic mass is 9.87. The molecule has 0 aromatic carbocycles. The molecule has 0 saturated heterocycles. The van der Waals surface area contributed by atoms with Crippen LogP contribution in [-0.2, 0) is 9.59 Å². The molecule has 0 heterocycles. The average molecular weight is 258 g/mol. The molecule has 0 bridgehead atoms. The maximum atomic E-state index is 11.0. The van der Waals surface area contributed by atoms with Crippen molar-refractivity contribution in [3.05, 3.63) is 0 Å². The third-order valence-corrected chi connectivity index (χ3v) is 3.52. The lowest BCUT2D eigenvalue weighted by Gasteiger charge is -2.18. The van der Waals surface area contributed by atoms with Gasteiger partial charge in [0.25, 0.3) is 0 Å². The smallest absolute Gasteiger partial charge is 0.306 e. The molecule has 0 fully saturated rings. The zero-order valence-corrected chi connectivity index (χ0v) is 11.8. The molecule has 0 aromatic heterocycles. The highest BCUT2D eigenvalue weighted by molar-refractivity contribution is 5.70. The maximum absolute atomic E-state index is 11.0. The van der Waals surface area contributed by atoms with E-state index in [4.69, 9.17) is 10.2 Å². The van der Waals surface area contributed by atoms with Crippen molar-refractivity contribution in [1.29, 1.82) is 0 Å². The quantitative estimate of drug-likeness (QED) is 0.622. The summed E-state index contributed by atoms with van der Waals surface area (Å²) >= 11 is 0. The predicted molar refractivity (Wildman–Crippen MR) is 70.4 cm³/mol. The molecule has 0 aliphatic carbocycles. The van der Waals surface area contributed by atoms with Gasteiger partial charge in [0.1, 0.15) is 0 Å². The predicted octanol–water partition coefficient (Wildman–Crippen LogP) is 3.26. The average Bonchev–Trinajstić information content (AvgIpc) is 2.20. The van der Waals surface area contributed by atoms with Crippen molar-refractivity contribution in [2.45, 2.75) is 53.4 Å². The van der Waals surface area contributed by atoms with E-state index in [1.807, 2.05) is 27.7 Å². The van der Waals surface area contributed by atoms with Crippen LogP contribution in [0.5, 0.6) is 0 Å². The number of rotatable bonds is 9. The minimum atomic E-state index is -0.747. The maximum Gasteiger partial charge on any atom is 0.306 e. The first kappa shape index (κ1) is 16.9. The number of carbonyl (C=O) groups is 2. The summed E-state index contributed by atoms with van der Waals surface area (Å²) in [6.45, 7) is 7.64. The van der Waals surface area contributed by atoms with Crippen molar-refractivity contribution in [3.8, 4) is 0 Å². The normalized spacial score (nSPS) is 14.8. The summed E-state index contributed by atoms with van der Waals surface area (Å²) in [6.07, 6.45) is 2.84. The van der Waals surface area contributed by atoms with Crippen LogP contribution in [-0.4, -0.2) is 22.2 Å². The Morgan fingerprint density at radius 2 is 1.06 bits per heavy atom. The molecule has 0 spiro atoms. The fourth-order valence-corrected chi connectivity index (χ4v) is 2.21. The third kappa shape index (κ3) is 6.03. The topological polar surface area (TPSA) is 74.6 Å². The first-order chi connectivity index (χ1) is 8.27. The fraction of sp³-hybridized carbons (Fsp3) is 0.857. The van der Waals surface area contributed by atoms with E-state index in [1.54, 1.807) is 0 Å². The minimum Gasteiger partial charge on any atom is -0.481 e. The van der Waals surface area contributed by atoms with Gasteiger partial charge >= 0.3 is 11.9 Å². The summed E-state index contributed by atoms with van der Waals surface area (Å²) in [5.74, 6) is -1.86. The van der Waals surface area contributed by atoms with E-state index in [9.17, 15) is 9.59 Å². The van der Waals surface area contributed by atoms with E-state index in [-0.39, 0.29) is 23.7 Å². The van der Waals surface area contributed by atoms with Gasteiger partial charge in [-0.05, 0) is 24.7 Å². The molecular weight excluding hydrogens is 232 g/mol. The van der Waals surface area contributed by atoms with E-state index in [0.29, 0.717) is 12.8 Å². The Hall–Kier alpha value is -1.06. The second-order valence-electron chi connectivity index (χ2n) is 5.66. The van der Waals surface area contributed by atoms with Crippen molar-refractivity contribution >= 4 is 11.9 Å². The van der Waals surface area contributed by atoms with Crippen LogP contribution < -0.4 is 0 Å².